The lowest BCUT2D eigenvalue weighted by atomic mass is 10.1. The van der Waals surface area contributed by atoms with E-state index in [9.17, 15) is 9.59 Å². The Hall–Kier alpha value is -4.33. The molecule has 0 atom stereocenters. The molecule has 8 nitrogen and oxygen atoms in total. The van der Waals surface area contributed by atoms with E-state index < -0.39 is 5.91 Å². The summed E-state index contributed by atoms with van der Waals surface area (Å²) in [5, 5.41) is 6.82. The van der Waals surface area contributed by atoms with Gasteiger partial charge in [-0.3, -0.25) is 9.59 Å². The molecular formula is C26H27N3O5. The van der Waals surface area contributed by atoms with Crippen molar-refractivity contribution in [3.63, 3.8) is 0 Å². The van der Waals surface area contributed by atoms with Crippen LogP contribution in [0.1, 0.15) is 21.5 Å². The number of ether oxygens (including phenoxy) is 3. The lowest BCUT2D eigenvalue weighted by Crippen LogP contribution is -2.30. The number of nitrogens with zero attached hydrogens (tertiary/aromatic N) is 1. The van der Waals surface area contributed by atoms with Crippen molar-refractivity contribution in [2.75, 3.05) is 27.4 Å². The Labute approximate surface area is 198 Å². The topological polar surface area (TPSA) is 98.2 Å². The highest BCUT2D eigenvalue weighted by Crippen LogP contribution is 2.22. The summed E-state index contributed by atoms with van der Waals surface area (Å²) in [5.41, 5.74) is 4.75. The van der Waals surface area contributed by atoms with Crippen LogP contribution in [0, 0.1) is 0 Å². The molecule has 0 bridgehead atoms. The minimum absolute atomic E-state index is 0.0672. The first-order valence-corrected chi connectivity index (χ1v) is 10.7. The predicted molar refractivity (Wildman–Crippen MR) is 130 cm³/mol. The zero-order valence-corrected chi connectivity index (χ0v) is 19.1. The number of hydrogen-bond acceptors (Lipinski definition) is 6. The van der Waals surface area contributed by atoms with Crippen molar-refractivity contribution < 1.29 is 23.8 Å². The Balaban J connectivity index is 1.42. The molecule has 0 aliphatic heterocycles. The molecule has 3 aromatic rings. The van der Waals surface area contributed by atoms with Gasteiger partial charge in [-0.2, -0.15) is 5.10 Å². The van der Waals surface area contributed by atoms with Crippen molar-refractivity contribution in [3.05, 3.63) is 89.5 Å². The Bertz CT molecular complexity index is 1090. The van der Waals surface area contributed by atoms with Gasteiger partial charge in [0.05, 0.1) is 20.4 Å². The maximum absolute atomic E-state index is 12.3. The van der Waals surface area contributed by atoms with Crippen LogP contribution >= 0.6 is 0 Å². The third-order valence-corrected chi connectivity index (χ3v) is 4.82. The van der Waals surface area contributed by atoms with E-state index >= 15 is 0 Å². The fourth-order valence-electron chi connectivity index (χ4n) is 3.01. The van der Waals surface area contributed by atoms with Gasteiger partial charge in [-0.05, 0) is 53.9 Å². The zero-order valence-electron chi connectivity index (χ0n) is 19.1. The van der Waals surface area contributed by atoms with Gasteiger partial charge in [0.15, 0.2) is 6.61 Å². The van der Waals surface area contributed by atoms with Gasteiger partial charge in [-0.15, -0.1) is 0 Å². The van der Waals surface area contributed by atoms with Crippen LogP contribution in [-0.4, -0.2) is 45.4 Å². The normalized spacial score (nSPS) is 10.5. The summed E-state index contributed by atoms with van der Waals surface area (Å²) >= 11 is 0. The highest BCUT2D eigenvalue weighted by atomic mass is 16.5. The Morgan fingerprint density at radius 1 is 0.882 bits per heavy atom. The van der Waals surface area contributed by atoms with Crippen molar-refractivity contribution >= 4 is 18.0 Å². The van der Waals surface area contributed by atoms with E-state index in [0.717, 1.165) is 12.0 Å². The Morgan fingerprint density at radius 3 is 2.21 bits per heavy atom. The second-order valence-electron chi connectivity index (χ2n) is 7.24. The summed E-state index contributed by atoms with van der Waals surface area (Å²) in [4.78, 5) is 24.3. The molecule has 3 aromatic carbocycles. The van der Waals surface area contributed by atoms with Crippen LogP contribution in [0.25, 0.3) is 0 Å². The van der Waals surface area contributed by atoms with E-state index in [1.165, 1.54) is 26.0 Å². The molecule has 0 saturated heterocycles. The van der Waals surface area contributed by atoms with Gasteiger partial charge in [-0.1, -0.05) is 30.3 Å². The van der Waals surface area contributed by atoms with E-state index in [0.29, 0.717) is 29.4 Å². The second kappa shape index (κ2) is 12.6. The van der Waals surface area contributed by atoms with Gasteiger partial charge < -0.3 is 19.5 Å². The summed E-state index contributed by atoms with van der Waals surface area (Å²) in [5.74, 6) is 0.996. The van der Waals surface area contributed by atoms with Gasteiger partial charge in [0.1, 0.15) is 17.2 Å². The third kappa shape index (κ3) is 7.67. The van der Waals surface area contributed by atoms with Crippen LogP contribution in [0.4, 0.5) is 0 Å². The molecule has 34 heavy (non-hydrogen) atoms. The Morgan fingerprint density at radius 2 is 1.56 bits per heavy atom. The number of hydrazone groups is 1. The Kier molecular flexibility index (Phi) is 9.04. The molecule has 0 saturated carbocycles. The van der Waals surface area contributed by atoms with Crippen molar-refractivity contribution in [1.29, 1.82) is 0 Å². The van der Waals surface area contributed by atoms with Crippen LogP contribution in [-0.2, 0) is 11.2 Å². The molecule has 8 heteroatoms. The average Bonchev–Trinajstić information content (AvgIpc) is 2.88. The maximum Gasteiger partial charge on any atom is 0.271 e. The molecule has 2 amide bonds. The van der Waals surface area contributed by atoms with Crippen LogP contribution in [0.3, 0.4) is 0 Å². The predicted octanol–water partition coefficient (Wildman–Crippen LogP) is 3.21. The molecule has 0 heterocycles. The van der Waals surface area contributed by atoms with Crippen molar-refractivity contribution in [3.8, 4) is 17.2 Å². The summed E-state index contributed by atoms with van der Waals surface area (Å²) < 4.78 is 15.9. The summed E-state index contributed by atoms with van der Waals surface area (Å²) in [6.07, 6.45) is 2.28. The number of carbonyl (C=O) groups excluding carboxylic acids is 2. The van der Waals surface area contributed by atoms with Crippen molar-refractivity contribution in [2.45, 2.75) is 6.42 Å². The number of nitrogens with one attached hydrogen (secondary N) is 2. The number of methoxy groups -OCH3 is 2. The van der Waals surface area contributed by atoms with Crippen molar-refractivity contribution in [1.82, 2.24) is 10.7 Å². The summed E-state index contributed by atoms with van der Waals surface area (Å²) in [6, 6.07) is 21.8. The largest absolute Gasteiger partial charge is 0.497 e. The van der Waals surface area contributed by atoms with Crippen LogP contribution in [0.15, 0.2) is 77.9 Å². The SMILES string of the molecule is COc1cc(OC)cc(C(=O)N/N=C/c2ccc(OCC(=O)NCCc3ccccc3)cc2)c1. The molecule has 3 rings (SSSR count). The molecule has 0 aliphatic carbocycles. The van der Waals surface area contributed by atoms with E-state index in [1.807, 2.05) is 30.3 Å². The van der Waals surface area contributed by atoms with Crippen LogP contribution in [0.2, 0.25) is 0 Å². The second-order valence-corrected chi connectivity index (χ2v) is 7.24. The van der Waals surface area contributed by atoms with Gasteiger partial charge in [-0.25, -0.2) is 5.43 Å². The smallest absolute Gasteiger partial charge is 0.271 e. The van der Waals surface area contributed by atoms with Gasteiger partial charge in [0.2, 0.25) is 0 Å². The zero-order chi connectivity index (χ0) is 24.2. The lowest BCUT2D eigenvalue weighted by molar-refractivity contribution is -0.123. The highest BCUT2D eigenvalue weighted by Gasteiger charge is 2.09. The number of hydrogen-bond donors (Lipinski definition) is 2. The van der Waals surface area contributed by atoms with Gasteiger partial charge in [0.25, 0.3) is 11.8 Å². The van der Waals surface area contributed by atoms with E-state index in [4.69, 9.17) is 14.2 Å². The molecule has 0 radical (unpaired) electrons. The molecule has 0 aliphatic rings. The molecule has 0 unspecified atom stereocenters. The minimum atomic E-state index is -0.397. The quantitative estimate of drug-likeness (QED) is 0.338. The lowest BCUT2D eigenvalue weighted by Gasteiger charge is -2.08. The molecule has 0 spiro atoms. The highest BCUT2D eigenvalue weighted by molar-refractivity contribution is 5.95. The standard InChI is InChI=1S/C26H27N3O5/c1-32-23-14-21(15-24(16-23)33-2)26(31)29-28-17-20-8-10-22(11-9-20)34-18-25(30)27-13-12-19-6-4-3-5-7-19/h3-11,14-17H,12-13,18H2,1-2H3,(H,27,30)(H,29,31)/b28-17+. The van der Waals surface area contributed by atoms with Crippen LogP contribution in [0.5, 0.6) is 17.2 Å². The number of carbonyl (C=O) groups is 2. The summed E-state index contributed by atoms with van der Waals surface area (Å²) in [7, 11) is 3.03. The number of rotatable bonds is 11. The van der Waals surface area contributed by atoms with E-state index in [-0.39, 0.29) is 12.5 Å². The van der Waals surface area contributed by atoms with Gasteiger partial charge in [0, 0.05) is 18.2 Å². The summed E-state index contributed by atoms with van der Waals surface area (Å²) in [6.45, 7) is 0.484. The maximum atomic E-state index is 12.3. The first-order chi connectivity index (χ1) is 16.6. The minimum Gasteiger partial charge on any atom is -0.497 e. The van der Waals surface area contributed by atoms with Crippen LogP contribution < -0.4 is 25.0 Å². The molecular weight excluding hydrogens is 434 g/mol. The third-order valence-electron chi connectivity index (χ3n) is 4.82. The number of amides is 2. The fourth-order valence-corrected chi connectivity index (χ4v) is 3.01. The van der Waals surface area contributed by atoms with E-state index in [2.05, 4.69) is 15.8 Å². The molecule has 0 fully saturated rings. The molecule has 2 N–H and O–H groups in total. The monoisotopic (exact) mass is 461 g/mol. The first-order valence-electron chi connectivity index (χ1n) is 10.7. The molecule has 176 valence electrons. The fraction of sp³-hybridized carbons (Fsp3) is 0.192. The average molecular weight is 462 g/mol. The van der Waals surface area contributed by atoms with E-state index in [1.54, 1.807) is 42.5 Å². The van der Waals surface area contributed by atoms with Crippen molar-refractivity contribution in [2.24, 2.45) is 5.10 Å². The van der Waals surface area contributed by atoms with Gasteiger partial charge >= 0.3 is 0 Å². The molecule has 0 aromatic heterocycles. The number of benzene rings is 3. The first kappa shape index (κ1) is 24.3.